The summed E-state index contributed by atoms with van der Waals surface area (Å²) < 4.78 is 68.6. The Kier molecular flexibility index (Phi) is 73.3. The molecule has 0 aromatic carbocycles. The molecule has 0 saturated heterocycles. The number of carbonyl (C=O) groups excluding carboxylic acids is 4. The van der Waals surface area contributed by atoms with Gasteiger partial charge in [0, 0.05) is 25.7 Å². The minimum Gasteiger partial charge on any atom is -0.462 e. The molecule has 17 nitrogen and oxygen atoms in total. The molecule has 0 saturated carbocycles. The highest BCUT2D eigenvalue weighted by molar-refractivity contribution is 7.47. The molecule has 0 bridgehead atoms. The van der Waals surface area contributed by atoms with E-state index in [0.717, 1.165) is 148 Å². The van der Waals surface area contributed by atoms with Crippen molar-refractivity contribution in [1.82, 2.24) is 0 Å². The lowest BCUT2D eigenvalue weighted by Crippen LogP contribution is -2.30. The van der Waals surface area contributed by atoms with Gasteiger partial charge in [-0.1, -0.05) is 303 Å². The number of aliphatic hydroxyl groups is 1. The van der Waals surface area contributed by atoms with Crippen LogP contribution >= 0.6 is 15.6 Å². The number of hydrogen-bond donors (Lipinski definition) is 3. The van der Waals surface area contributed by atoms with Crippen molar-refractivity contribution < 1.29 is 80.2 Å². The van der Waals surface area contributed by atoms with Crippen molar-refractivity contribution in [3.8, 4) is 0 Å². The molecule has 598 valence electrons. The predicted octanol–water partition coefficient (Wildman–Crippen LogP) is 23.9. The molecule has 0 amide bonds. The maximum Gasteiger partial charge on any atom is 0.472 e. The molecule has 104 heavy (non-hydrogen) atoms. The Bertz CT molecular complexity index is 2440. The number of phosphoric ester groups is 2. The van der Waals surface area contributed by atoms with E-state index in [1.54, 1.807) is 0 Å². The fourth-order valence-electron chi connectivity index (χ4n) is 10.8. The Morgan fingerprint density at radius 1 is 0.279 bits per heavy atom. The number of phosphoric acid groups is 2. The third kappa shape index (κ3) is 75.7. The molecule has 0 aliphatic heterocycles. The molecule has 0 aromatic heterocycles. The molecule has 3 N–H and O–H groups in total. The third-order valence-electron chi connectivity index (χ3n) is 16.9. The van der Waals surface area contributed by atoms with E-state index in [0.29, 0.717) is 32.1 Å². The molecule has 0 aliphatic carbocycles. The van der Waals surface area contributed by atoms with Gasteiger partial charge in [0.25, 0.3) is 0 Å². The maximum absolute atomic E-state index is 13.1. The Hall–Kier alpha value is -4.54. The summed E-state index contributed by atoms with van der Waals surface area (Å²) in [5.41, 5.74) is 0. The van der Waals surface area contributed by atoms with Crippen LogP contribution in [0.3, 0.4) is 0 Å². The largest absolute Gasteiger partial charge is 0.472 e. The van der Waals surface area contributed by atoms with Crippen molar-refractivity contribution in [3.05, 3.63) is 122 Å². The highest BCUT2D eigenvalue weighted by atomic mass is 31.2. The predicted molar refractivity (Wildman–Crippen MR) is 427 cm³/mol. The fourth-order valence-corrected chi connectivity index (χ4v) is 12.4. The Labute approximate surface area is 632 Å². The first-order valence-corrected chi connectivity index (χ1v) is 43.8. The molecule has 0 spiro atoms. The van der Waals surface area contributed by atoms with Gasteiger partial charge in [0.1, 0.15) is 19.3 Å². The second-order valence-electron chi connectivity index (χ2n) is 27.0. The summed E-state index contributed by atoms with van der Waals surface area (Å²) in [7, 11) is -9.98. The van der Waals surface area contributed by atoms with Crippen LogP contribution in [0.15, 0.2) is 122 Å². The number of aliphatic hydroxyl groups excluding tert-OH is 1. The van der Waals surface area contributed by atoms with Crippen LogP contribution in [0.1, 0.15) is 336 Å². The first-order valence-electron chi connectivity index (χ1n) is 40.8. The van der Waals surface area contributed by atoms with Gasteiger partial charge in [-0.3, -0.25) is 37.3 Å². The minimum atomic E-state index is -4.99. The van der Waals surface area contributed by atoms with E-state index < -0.39 is 97.5 Å². The SMILES string of the molecule is CC/C=C\C/C=C\C/C=C\C/C=C\C/C=C\CCCC(=O)OCC(COP(=O)(O)OCC(O)COP(=O)(O)OCC(COC(=O)CCCCCC/C=C\C/C=C\C/C=C\C/C=C\CC)OC(=O)CCCCCCCCCCCCCCCCC)OC(=O)CCCCCCC/C=C\CCCCCCCC. The Morgan fingerprint density at radius 3 is 0.817 bits per heavy atom. The second kappa shape index (κ2) is 76.6. The van der Waals surface area contributed by atoms with Crippen LogP contribution in [0, 0.1) is 0 Å². The second-order valence-corrected chi connectivity index (χ2v) is 29.9. The number of esters is 4. The van der Waals surface area contributed by atoms with E-state index in [9.17, 15) is 43.2 Å². The Balaban J connectivity index is 5.43. The molecule has 0 aromatic rings. The van der Waals surface area contributed by atoms with Gasteiger partial charge in [-0.2, -0.15) is 0 Å². The molecular weight excluding hydrogens is 1350 g/mol. The molecule has 0 radical (unpaired) electrons. The molecule has 0 rings (SSSR count). The standard InChI is InChI=1S/C85H146O17P2/c1-5-9-13-17-21-25-29-33-37-39-43-45-49-53-57-61-65-69-82(87)95-75-80(101-84(89)71-67-63-59-55-51-47-41-35-31-27-23-19-15-11-7-3)77-99-103(91,92)97-73-79(86)74-98-104(93,94)100-78-81(102-85(90)72-68-64-60-56-52-48-42-36-32-28-24-20-16-12-8-4)76-96-83(88)70-66-62-58-54-50-46-44-40-38-34-30-26-22-18-14-10-6-2/h9-10,13-14,21-22,25-26,33-35,37-38,41,43-46,53,57,79-81,86H,5-8,11-12,15-20,23-24,27-32,36,39-40,42,47-52,54-56,58-78H2,1-4H3,(H,91,92)(H,93,94)/b13-9-,14-10-,25-21-,26-22-,37-33-,38-34-,41-35-,45-43-,46-44-,57-53-. The van der Waals surface area contributed by atoms with Gasteiger partial charge >= 0.3 is 39.5 Å². The lowest BCUT2D eigenvalue weighted by atomic mass is 10.0. The van der Waals surface area contributed by atoms with Gasteiger partial charge in [-0.05, 0) is 128 Å². The summed E-state index contributed by atoms with van der Waals surface area (Å²) >= 11 is 0. The molecule has 5 unspecified atom stereocenters. The number of rotatable bonds is 76. The van der Waals surface area contributed by atoms with Crippen LogP contribution in [0.5, 0.6) is 0 Å². The summed E-state index contributed by atoms with van der Waals surface area (Å²) in [5, 5.41) is 10.6. The molecule has 19 heteroatoms. The zero-order valence-corrected chi connectivity index (χ0v) is 67.2. The Morgan fingerprint density at radius 2 is 0.510 bits per heavy atom. The first-order chi connectivity index (χ1) is 50.7. The summed E-state index contributed by atoms with van der Waals surface area (Å²) in [6.45, 7) is 4.58. The average Bonchev–Trinajstić information content (AvgIpc) is 0.937. The number of carbonyl (C=O) groups is 4. The minimum absolute atomic E-state index is 0.0713. The van der Waals surface area contributed by atoms with E-state index >= 15 is 0 Å². The average molecular weight is 1500 g/mol. The van der Waals surface area contributed by atoms with Gasteiger partial charge in [0.05, 0.1) is 26.4 Å². The third-order valence-corrected chi connectivity index (χ3v) is 18.8. The lowest BCUT2D eigenvalue weighted by molar-refractivity contribution is -0.161. The van der Waals surface area contributed by atoms with Gasteiger partial charge in [-0.25, -0.2) is 9.13 Å². The normalized spacial score (nSPS) is 14.5. The number of unbranched alkanes of at least 4 members (excludes halogenated alkanes) is 30. The van der Waals surface area contributed by atoms with Crippen LogP contribution in [0.2, 0.25) is 0 Å². The van der Waals surface area contributed by atoms with E-state index in [4.69, 9.17) is 37.0 Å². The zero-order valence-electron chi connectivity index (χ0n) is 65.4. The lowest BCUT2D eigenvalue weighted by Gasteiger charge is -2.21. The van der Waals surface area contributed by atoms with Crippen molar-refractivity contribution in [2.75, 3.05) is 39.6 Å². The summed E-state index contributed by atoms with van der Waals surface area (Å²) in [6.07, 6.45) is 84.6. The summed E-state index contributed by atoms with van der Waals surface area (Å²) in [4.78, 5) is 73.1. The fraction of sp³-hybridized carbons (Fsp3) is 0.718. The van der Waals surface area contributed by atoms with Crippen molar-refractivity contribution >= 4 is 39.5 Å². The topological polar surface area (TPSA) is 237 Å². The quantitative estimate of drug-likeness (QED) is 0.0169. The van der Waals surface area contributed by atoms with E-state index in [-0.39, 0.29) is 25.7 Å². The summed E-state index contributed by atoms with van der Waals surface area (Å²) in [6, 6.07) is 0. The zero-order chi connectivity index (χ0) is 76.0. The molecule has 5 atom stereocenters. The van der Waals surface area contributed by atoms with E-state index in [2.05, 4.69) is 137 Å². The van der Waals surface area contributed by atoms with Crippen molar-refractivity contribution in [2.24, 2.45) is 0 Å². The first kappa shape index (κ1) is 99.5. The van der Waals surface area contributed by atoms with Crippen LogP contribution in [0.4, 0.5) is 0 Å². The van der Waals surface area contributed by atoms with Crippen molar-refractivity contribution in [3.63, 3.8) is 0 Å². The molecular formula is C85H146O17P2. The van der Waals surface area contributed by atoms with Gasteiger partial charge in [0.15, 0.2) is 12.2 Å². The van der Waals surface area contributed by atoms with Crippen LogP contribution in [0.25, 0.3) is 0 Å². The number of allylic oxidation sites excluding steroid dienone is 20. The van der Waals surface area contributed by atoms with Crippen LogP contribution in [-0.4, -0.2) is 96.7 Å². The number of hydrogen-bond acceptors (Lipinski definition) is 15. The highest BCUT2D eigenvalue weighted by Crippen LogP contribution is 2.45. The van der Waals surface area contributed by atoms with E-state index in [1.807, 2.05) is 12.2 Å². The monoisotopic (exact) mass is 1500 g/mol. The summed E-state index contributed by atoms with van der Waals surface area (Å²) in [5.74, 6) is -2.27. The van der Waals surface area contributed by atoms with E-state index in [1.165, 1.54) is 103 Å². The molecule has 0 heterocycles. The maximum atomic E-state index is 13.1. The molecule has 0 fully saturated rings. The van der Waals surface area contributed by atoms with Crippen LogP contribution < -0.4 is 0 Å². The number of ether oxygens (including phenoxy) is 4. The van der Waals surface area contributed by atoms with Gasteiger partial charge in [-0.15, -0.1) is 0 Å². The van der Waals surface area contributed by atoms with Crippen molar-refractivity contribution in [1.29, 1.82) is 0 Å². The van der Waals surface area contributed by atoms with Crippen LogP contribution in [-0.2, 0) is 65.4 Å². The van der Waals surface area contributed by atoms with Gasteiger partial charge < -0.3 is 33.8 Å². The highest BCUT2D eigenvalue weighted by Gasteiger charge is 2.30. The smallest absolute Gasteiger partial charge is 0.462 e. The molecule has 0 aliphatic rings. The van der Waals surface area contributed by atoms with Gasteiger partial charge in [0.2, 0.25) is 0 Å². The van der Waals surface area contributed by atoms with Crippen molar-refractivity contribution in [2.45, 2.75) is 354 Å².